The minimum atomic E-state index is 0.854. The van der Waals surface area contributed by atoms with Crippen molar-refractivity contribution in [3.05, 3.63) is 0 Å². The smallest absolute Gasteiger partial charge is 0.135 e. The first-order chi connectivity index (χ1) is 6.83. The van der Waals surface area contributed by atoms with E-state index >= 15 is 0 Å². The molecule has 0 saturated heterocycles. The van der Waals surface area contributed by atoms with Crippen LogP contribution in [-0.2, 0) is 0 Å². The van der Waals surface area contributed by atoms with Gasteiger partial charge in [-0.3, -0.25) is 0 Å². The molecule has 2 heterocycles. The summed E-state index contributed by atoms with van der Waals surface area (Å²) in [6.07, 6.45) is 3.97. The summed E-state index contributed by atoms with van der Waals surface area (Å²) in [6, 6.07) is 0. The van der Waals surface area contributed by atoms with Gasteiger partial charge in [-0.15, -0.1) is 20.4 Å². The van der Waals surface area contributed by atoms with Crippen molar-refractivity contribution in [3.63, 3.8) is 0 Å². The maximum atomic E-state index is 4.05. The van der Waals surface area contributed by atoms with Gasteiger partial charge in [-0.25, -0.2) is 0 Å². The highest BCUT2D eigenvalue weighted by Gasteiger charge is 2.11. The third-order valence-electron chi connectivity index (χ3n) is 1.35. The number of hydrogen-bond acceptors (Lipinski definition) is 8. The molecule has 2 aromatic heterocycles. The van der Waals surface area contributed by atoms with Crippen LogP contribution < -0.4 is 0 Å². The van der Waals surface area contributed by atoms with Crippen LogP contribution in [0.4, 0.5) is 0 Å². The zero-order chi connectivity index (χ0) is 9.97. The molecular formula is C6H6N4S4. The topological polar surface area (TPSA) is 51.6 Å². The van der Waals surface area contributed by atoms with Crippen molar-refractivity contribution in [3.8, 4) is 10.0 Å². The highest BCUT2D eigenvalue weighted by Crippen LogP contribution is 2.32. The van der Waals surface area contributed by atoms with E-state index in [0.717, 1.165) is 18.7 Å². The summed E-state index contributed by atoms with van der Waals surface area (Å²) < 4.78 is 1.92. The van der Waals surface area contributed by atoms with E-state index in [2.05, 4.69) is 20.4 Å². The zero-order valence-electron chi connectivity index (χ0n) is 7.42. The van der Waals surface area contributed by atoms with Crippen LogP contribution in [0, 0.1) is 0 Å². The molecule has 14 heavy (non-hydrogen) atoms. The Morgan fingerprint density at radius 3 is 1.50 bits per heavy atom. The number of nitrogens with zero attached hydrogens (tertiary/aromatic N) is 4. The SMILES string of the molecule is CSc1nnc(-c2nnc(SC)s2)s1. The van der Waals surface area contributed by atoms with Crippen molar-refractivity contribution in [1.82, 2.24) is 20.4 Å². The van der Waals surface area contributed by atoms with Gasteiger partial charge in [0.25, 0.3) is 0 Å². The molecule has 0 bridgehead atoms. The lowest BCUT2D eigenvalue weighted by Crippen LogP contribution is -1.75. The van der Waals surface area contributed by atoms with Gasteiger partial charge in [-0.05, 0) is 12.5 Å². The van der Waals surface area contributed by atoms with Gasteiger partial charge in [0.1, 0.15) is 0 Å². The molecule has 0 unspecified atom stereocenters. The Balaban J connectivity index is 2.29. The first-order valence-corrected chi connectivity index (χ1v) is 7.67. The van der Waals surface area contributed by atoms with Gasteiger partial charge in [-0.1, -0.05) is 46.2 Å². The molecule has 2 aromatic rings. The highest BCUT2D eigenvalue weighted by atomic mass is 32.2. The molecule has 0 aliphatic heterocycles. The molecule has 0 spiro atoms. The van der Waals surface area contributed by atoms with E-state index in [4.69, 9.17) is 0 Å². The fourth-order valence-corrected chi connectivity index (χ4v) is 3.31. The van der Waals surface area contributed by atoms with Crippen LogP contribution in [0.2, 0.25) is 0 Å². The van der Waals surface area contributed by atoms with E-state index in [0.29, 0.717) is 0 Å². The molecule has 0 atom stereocenters. The van der Waals surface area contributed by atoms with E-state index in [1.54, 1.807) is 46.2 Å². The van der Waals surface area contributed by atoms with E-state index in [1.807, 2.05) is 12.5 Å². The average molecular weight is 262 g/mol. The van der Waals surface area contributed by atoms with Crippen molar-refractivity contribution < 1.29 is 0 Å². The van der Waals surface area contributed by atoms with Crippen LogP contribution in [0.1, 0.15) is 0 Å². The third-order valence-corrected chi connectivity index (χ3v) is 5.29. The van der Waals surface area contributed by atoms with Crippen LogP contribution in [0.3, 0.4) is 0 Å². The van der Waals surface area contributed by atoms with Gasteiger partial charge < -0.3 is 0 Å². The second kappa shape index (κ2) is 4.56. The molecule has 0 radical (unpaired) electrons. The lowest BCUT2D eigenvalue weighted by molar-refractivity contribution is 0.990. The second-order valence-corrected chi connectivity index (χ2v) is 6.22. The van der Waals surface area contributed by atoms with Gasteiger partial charge >= 0.3 is 0 Å². The average Bonchev–Trinajstić information content (AvgIpc) is 2.86. The van der Waals surface area contributed by atoms with Gasteiger partial charge in [0.2, 0.25) is 0 Å². The predicted molar refractivity (Wildman–Crippen MR) is 62.4 cm³/mol. The van der Waals surface area contributed by atoms with Crippen LogP contribution in [0.15, 0.2) is 8.68 Å². The Hall–Kier alpha value is -0.180. The van der Waals surface area contributed by atoms with E-state index < -0.39 is 0 Å². The molecule has 74 valence electrons. The number of rotatable bonds is 3. The molecule has 0 saturated carbocycles. The summed E-state index contributed by atoms with van der Waals surface area (Å²) in [5.41, 5.74) is 0. The normalized spacial score (nSPS) is 10.7. The highest BCUT2D eigenvalue weighted by molar-refractivity contribution is 8.00. The largest absolute Gasteiger partial charge is 0.179 e. The fraction of sp³-hybridized carbons (Fsp3) is 0.333. The van der Waals surface area contributed by atoms with Crippen LogP contribution >= 0.6 is 46.2 Å². The fourth-order valence-electron chi connectivity index (χ4n) is 0.757. The first-order valence-electron chi connectivity index (χ1n) is 3.59. The van der Waals surface area contributed by atoms with E-state index in [1.165, 1.54) is 0 Å². The Morgan fingerprint density at radius 1 is 0.786 bits per heavy atom. The molecule has 0 N–H and O–H groups in total. The Labute approximate surface area is 97.6 Å². The number of aromatic nitrogens is 4. The van der Waals surface area contributed by atoms with Gasteiger partial charge in [0, 0.05) is 0 Å². The first kappa shape index (κ1) is 10.3. The summed E-state index contributed by atoms with van der Waals surface area (Å²) >= 11 is 6.28. The molecule has 2 rings (SSSR count). The molecule has 0 aromatic carbocycles. The quantitative estimate of drug-likeness (QED) is 0.792. The number of thioether (sulfide) groups is 2. The third kappa shape index (κ3) is 2.08. The summed E-state index contributed by atoms with van der Waals surface area (Å²) in [4.78, 5) is 0. The molecular weight excluding hydrogens is 256 g/mol. The van der Waals surface area contributed by atoms with Gasteiger partial charge in [0.15, 0.2) is 18.7 Å². The summed E-state index contributed by atoms with van der Waals surface area (Å²) in [6.45, 7) is 0. The predicted octanol–water partition coefficient (Wildman–Crippen LogP) is 2.50. The molecule has 0 amide bonds. The van der Waals surface area contributed by atoms with E-state index in [9.17, 15) is 0 Å². The van der Waals surface area contributed by atoms with Crippen molar-refractivity contribution in [2.45, 2.75) is 8.68 Å². The van der Waals surface area contributed by atoms with E-state index in [-0.39, 0.29) is 0 Å². The number of hydrogen-bond donors (Lipinski definition) is 0. The van der Waals surface area contributed by atoms with Gasteiger partial charge in [0.05, 0.1) is 0 Å². The maximum absolute atomic E-state index is 4.05. The Bertz CT molecular complexity index is 383. The molecule has 0 aliphatic rings. The van der Waals surface area contributed by atoms with Crippen molar-refractivity contribution in [2.24, 2.45) is 0 Å². The van der Waals surface area contributed by atoms with Crippen LogP contribution in [-0.4, -0.2) is 32.9 Å². The summed E-state index contributed by atoms with van der Waals surface area (Å²) in [5.74, 6) is 0. The lowest BCUT2D eigenvalue weighted by Gasteiger charge is -1.81. The van der Waals surface area contributed by atoms with Crippen molar-refractivity contribution in [1.29, 1.82) is 0 Å². The van der Waals surface area contributed by atoms with Crippen molar-refractivity contribution in [2.75, 3.05) is 12.5 Å². The zero-order valence-corrected chi connectivity index (χ0v) is 10.7. The standard InChI is InChI=1S/C6H6N4S4/c1-11-5-9-7-3(13-5)4-8-10-6(12-2)14-4/h1-2H3. The minimum absolute atomic E-state index is 0.854. The van der Waals surface area contributed by atoms with Crippen LogP contribution in [0.5, 0.6) is 0 Å². The summed E-state index contributed by atoms with van der Waals surface area (Å²) in [7, 11) is 0. The monoisotopic (exact) mass is 262 g/mol. The molecule has 0 aliphatic carbocycles. The van der Waals surface area contributed by atoms with Crippen molar-refractivity contribution >= 4 is 46.2 Å². The second-order valence-electron chi connectivity index (χ2n) is 2.15. The summed E-state index contributed by atoms with van der Waals surface area (Å²) in [5, 5.41) is 17.8. The Kier molecular flexibility index (Phi) is 3.37. The molecule has 4 nitrogen and oxygen atoms in total. The lowest BCUT2D eigenvalue weighted by atomic mass is 10.8. The van der Waals surface area contributed by atoms with Crippen LogP contribution in [0.25, 0.3) is 10.0 Å². The maximum Gasteiger partial charge on any atom is 0.179 e. The Morgan fingerprint density at radius 2 is 1.21 bits per heavy atom. The molecule has 0 fully saturated rings. The molecule has 8 heteroatoms. The minimum Gasteiger partial charge on any atom is -0.135 e. The van der Waals surface area contributed by atoms with Gasteiger partial charge in [-0.2, -0.15) is 0 Å².